The standard InChI is InChI=1S/C10H8N6O/c11-6-1-2-16(8(17)3-6)10-7-4-14-15-9(7)12-5-13-10/h1-5H,11H2,(H,12,13,14,15). The number of nitrogen functional groups attached to an aromatic ring is 1. The van der Waals surface area contributed by atoms with Crippen molar-refractivity contribution < 1.29 is 0 Å². The quantitative estimate of drug-likeness (QED) is 0.614. The summed E-state index contributed by atoms with van der Waals surface area (Å²) in [6.07, 6.45) is 4.53. The van der Waals surface area contributed by atoms with Crippen LogP contribution in [0.3, 0.4) is 0 Å². The highest BCUT2D eigenvalue weighted by Crippen LogP contribution is 2.14. The monoisotopic (exact) mass is 228 g/mol. The predicted octanol–water partition coefficient (Wildman–Crippen LogP) is 0.0860. The summed E-state index contributed by atoms with van der Waals surface area (Å²) in [5, 5.41) is 7.27. The first-order chi connectivity index (χ1) is 8.25. The molecular weight excluding hydrogens is 220 g/mol. The van der Waals surface area contributed by atoms with E-state index < -0.39 is 0 Å². The van der Waals surface area contributed by atoms with Gasteiger partial charge in [-0.2, -0.15) is 5.10 Å². The van der Waals surface area contributed by atoms with Gasteiger partial charge in [0.1, 0.15) is 6.33 Å². The third-order valence-corrected chi connectivity index (χ3v) is 2.40. The molecule has 84 valence electrons. The molecule has 3 aromatic rings. The summed E-state index contributed by atoms with van der Waals surface area (Å²) in [6.45, 7) is 0. The highest BCUT2D eigenvalue weighted by molar-refractivity contribution is 5.81. The number of nitrogens with one attached hydrogen (secondary N) is 1. The van der Waals surface area contributed by atoms with Crippen molar-refractivity contribution in [2.45, 2.75) is 0 Å². The Morgan fingerprint density at radius 2 is 2.24 bits per heavy atom. The topological polar surface area (TPSA) is 102 Å². The normalized spacial score (nSPS) is 10.8. The molecule has 0 spiro atoms. The maximum Gasteiger partial charge on any atom is 0.258 e. The Kier molecular flexibility index (Phi) is 1.91. The van der Waals surface area contributed by atoms with Crippen LogP contribution in [0.4, 0.5) is 5.69 Å². The van der Waals surface area contributed by atoms with Gasteiger partial charge in [0.05, 0.1) is 11.6 Å². The lowest BCUT2D eigenvalue weighted by Crippen LogP contribution is -2.18. The fourth-order valence-electron chi connectivity index (χ4n) is 1.61. The Morgan fingerprint density at radius 3 is 3.06 bits per heavy atom. The lowest BCUT2D eigenvalue weighted by Gasteiger charge is -2.04. The number of hydrogen-bond acceptors (Lipinski definition) is 5. The molecule has 0 saturated heterocycles. The number of H-pyrrole nitrogens is 1. The minimum absolute atomic E-state index is 0.244. The summed E-state index contributed by atoms with van der Waals surface area (Å²) in [7, 11) is 0. The van der Waals surface area contributed by atoms with Crippen LogP contribution in [0.1, 0.15) is 0 Å². The van der Waals surface area contributed by atoms with Gasteiger partial charge >= 0.3 is 0 Å². The number of nitrogens with zero attached hydrogens (tertiary/aromatic N) is 4. The van der Waals surface area contributed by atoms with Crippen LogP contribution in [0.5, 0.6) is 0 Å². The van der Waals surface area contributed by atoms with Crippen LogP contribution in [0.15, 0.2) is 35.6 Å². The van der Waals surface area contributed by atoms with Gasteiger partial charge in [-0.15, -0.1) is 0 Å². The largest absolute Gasteiger partial charge is 0.399 e. The van der Waals surface area contributed by atoms with Crippen molar-refractivity contribution in [3.05, 3.63) is 41.2 Å². The molecule has 3 aromatic heterocycles. The van der Waals surface area contributed by atoms with E-state index in [1.54, 1.807) is 18.5 Å². The summed E-state index contributed by atoms with van der Waals surface area (Å²) < 4.78 is 1.40. The fraction of sp³-hybridized carbons (Fsp3) is 0. The number of anilines is 1. The zero-order valence-corrected chi connectivity index (χ0v) is 8.66. The van der Waals surface area contributed by atoms with Crippen molar-refractivity contribution in [3.63, 3.8) is 0 Å². The SMILES string of the molecule is Nc1ccn(-c2ncnc3[nH]ncc23)c(=O)c1. The first-order valence-electron chi connectivity index (χ1n) is 4.88. The number of aromatic amines is 1. The first-order valence-corrected chi connectivity index (χ1v) is 4.88. The van der Waals surface area contributed by atoms with E-state index in [0.29, 0.717) is 22.5 Å². The molecule has 0 aromatic carbocycles. The van der Waals surface area contributed by atoms with Gasteiger partial charge in [0.15, 0.2) is 11.5 Å². The Labute approximate surface area is 94.9 Å². The molecule has 0 aliphatic rings. The molecule has 17 heavy (non-hydrogen) atoms. The van der Waals surface area contributed by atoms with Crippen LogP contribution in [0.2, 0.25) is 0 Å². The van der Waals surface area contributed by atoms with E-state index in [-0.39, 0.29) is 5.56 Å². The minimum atomic E-state index is -0.244. The second kappa shape index (κ2) is 3.41. The summed E-state index contributed by atoms with van der Waals surface area (Å²) in [4.78, 5) is 19.9. The number of pyridine rings is 1. The molecule has 3 heterocycles. The Hall–Kier alpha value is -2.70. The van der Waals surface area contributed by atoms with E-state index in [4.69, 9.17) is 5.73 Å². The maximum absolute atomic E-state index is 11.8. The van der Waals surface area contributed by atoms with Crippen molar-refractivity contribution in [1.29, 1.82) is 0 Å². The zero-order chi connectivity index (χ0) is 11.8. The third-order valence-electron chi connectivity index (χ3n) is 2.40. The van der Waals surface area contributed by atoms with Gasteiger partial charge in [-0.1, -0.05) is 0 Å². The number of hydrogen-bond donors (Lipinski definition) is 2. The highest BCUT2D eigenvalue weighted by Gasteiger charge is 2.08. The summed E-state index contributed by atoms with van der Waals surface area (Å²) in [5.74, 6) is 0.480. The van der Waals surface area contributed by atoms with Crippen molar-refractivity contribution in [3.8, 4) is 5.82 Å². The van der Waals surface area contributed by atoms with Gasteiger partial charge in [-0.05, 0) is 6.07 Å². The molecule has 3 N–H and O–H groups in total. The molecule has 0 aliphatic carbocycles. The molecule has 7 nitrogen and oxygen atoms in total. The van der Waals surface area contributed by atoms with E-state index >= 15 is 0 Å². The lowest BCUT2D eigenvalue weighted by atomic mass is 10.3. The average Bonchev–Trinajstić information content (AvgIpc) is 2.77. The van der Waals surface area contributed by atoms with Crippen molar-refractivity contribution in [2.24, 2.45) is 0 Å². The predicted molar refractivity (Wildman–Crippen MR) is 61.7 cm³/mol. The van der Waals surface area contributed by atoms with Crippen LogP contribution >= 0.6 is 0 Å². The lowest BCUT2D eigenvalue weighted by molar-refractivity contribution is 0.944. The Morgan fingerprint density at radius 1 is 1.35 bits per heavy atom. The first kappa shape index (κ1) is 9.52. The molecule has 0 radical (unpaired) electrons. The van der Waals surface area contributed by atoms with Crippen LogP contribution in [-0.2, 0) is 0 Å². The van der Waals surface area contributed by atoms with Crippen molar-refractivity contribution in [1.82, 2.24) is 24.7 Å². The van der Waals surface area contributed by atoms with Gasteiger partial charge in [0.2, 0.25) is 0 Å². The molecular formula is C10H8N6O. The van der Waals surface area contributed by atoms with Crippen molar-refractivity contribution in [2.75, 3.05) is 5.73 Å². The average molecular weight is 228 g/mol. The van der Waals surface area contributed by atoms with Crippen LogP contribution in [0, 0.1) is 0 Å². The molecule has 0 aliphatic heterocycles. The number of rotatable bonds is 1. The summed E-state index contributed by atoms with van der Waals surface area (Å²) >= 11 is 0. The maximum atomic E-state index is 11.8. The van der Waals surface area contributed by atoms with Crippen LogP contribution < -0.4 is 11.3 Å². The van der Waals surface area contributed by atoms with Gasteiger partial charge in [-0.3, -0.25) is 14.5 Å². The Balaban J connectivity index is 2.34. The molecule has 0 unspecified atom stereocenters. The van der Waals surface area contributed by atoms with E-state index in [1.807, 2.05) is 0 Å². The number of nitrogens with two attached hydrogens (primary N) is 1. The third kappa shape index (κ3) is 1.44. The van der Waals surface area contributed by atoms with E-state index in [9.17, 15) is 4.79 Å². The second-order valence-electron chi connectivity index (χ2n) is 3.50. The minimum Gasteiger partial charge on any atom is -0.399 e. The van der Waals surface area contributed by atoms with Crippen LogP contribution in [-0.4, -0.2) is 24.7 Å². The van der Waals surface area contributed by atoms with E-state index in [2.05, 4.69) is 20.2 Å². The molecule has 0 bridgehead atoms. The Bertz CT molecular complexity index is 744. The molecule has 0 fully saturated rings. The zero-order valence-electron chi connectivity index (χ0n) is 8.66. The number of fused-ring (bicyclic) bond motifs is 1. The summed E-state index contributed by atoms with van der Waals surface area (Å²) in [6, 6.07) is 2.98. The van der Waals surface area contributed by atoms with Gasteiger partial charge in [0, 0.05) is 18.0 Å². The smallest absolute Gasteiger partial charge is 0.258 e. The van der Waals surface area contributed by atoms with Gasteiger partial charge in [-0.25, -0.2) is 9.97 Å². The molecule has 0 amide bonds. The molecule has 0 atom stereocenters. The molecule has 3 rings (SSSR count). The second-order valence-corrected chi connectivity index (χ2v) is 3.50. The molecule has 0 saturated carbocycles. The van der Waals surface area contributed by atoms with Gasteiger partial charge in [0.25, 0.3) is 5.56 Å². The number of aromatic nitrogens is 5. The van der Waals surface area contributed by atoms with Crippen molar-refractivity contribution >= 4 is 16.7 Å². The van der Waals surface area contributed by atoms with E-state index in [1.165, 1.54) is 17.0 Å². The van der Waals surface area contributed by atoms with Crippen LogP contribution in [0.25, 0.3) is 16.9 Å². The summed E-state index contributed by atoms with van der Waals surface area (Å²) in [5.41, 5.74) is 6.29. The molecule has 7 heteroatoms. The van der Waals surface area contributed by atoms with Gasteiger partial charge < -0.3 is 5.73 Å². The fourth-order valence-corrected chi connectivity index (χ4v) is 1.61. The highest BCUT2D eigenvalue weighted by atomic mass is 16.1. The van der Waals surface area contributed by atoms with E-state index in [0.717, 1.165) is 0 Å².